The van der Waals surface area contributed by atoms with Crippen molar-refractivity contribution in [3.8, 4) is 5.88 Å². The Labute approximate surface area is 129 Å². The lowest BCUT2D eigenvalue weighted by molar-refractivity contribution is 0.192. The number of nitrogen functional groups attached to an aromatic ring is 1. The first-order valence-electron chi connectivity index (χ1n) is 7.05. The number of benzene rings is 1. The third kappa shape index (κ3) is 3.65. The minimum Gasteiger partial charge on any atom is -0.471 e. The first kappa shape index (κ1) is 14.2. The van der Waals surface area contributed by atoms with Crippen molar-refractivity contribution in [3.05, 3.63) is 53.2 Å². The summed E-state index contributed by atoms with van der Waals surface area (Å²) in [5, 5.41) is 0.401. The summed E-state index contributed by atoms with van der Waals surface area (Å²) < 4.78 is 5.89. The van der Waals surface area contributed by atoms with Gasteiger partial charge in [0.05, 0.1) is 5.69 Å². The fourth-order valence-electron chi connectivity index (χ4n) is 2.56. The molecule has 4 nitrogen and oxygen atoms in total. The highest BCUT2D eigenvalue weighted by Crippen LogP contribution is 2.25. The van der Waals surface area contributed by atoms with Crippen molar-refractivity contribution >= 4 is 17.3 Å². The fraction of sp³-hybridized carbons (Fsp3) is 0.312. The Morgan fingerprint density at radius 1 is 1.24 bits per heavy atom. The average molecular weight is 304 g/mol. The highest BCUT2D eigenvalue weighted by Gasteiger charge is 2.25. The van der Waals surface area contributed by atoms with Crippen molar-refractivity contribution < 1.29 is 4.74 Å². The molecule has 0 amide bonds. The highest BCUT2D eigenvalue weighted by molar-refractivity contribution is 6.29. The van der Waals surface area contributed by atoms with Gasteiger partial charge in [-0.25, -0.2) is 0 Å². The summed E-state index contributed by atoms with van der Waals surface area (Å²) in [4.78, 5) is 6.52. The summed E-state index contributed by atoms with van der Waals surface area (Å²) >= 11 is 5.88. The van der Waals surface area contributed by atoms with Crippen molar-refractivity contribution in [3.63, 3.8) is 0 Å². The number of likely N-dealkylation sites (tertiary alicyclic amines) is 1. The van der Waals surface area contributed by atoms with Crippen LogP contribution in [0.2, 0.25) is 5.15 Å². The van der Waals surface area contributed by atoms with Crippen molar-refractivity contribution in [2.24, 2.45) is 0 Å². The van der Waals surface area contributed by atoms with Crippen LogP contribution in [0, 0.1) is 0 Å². The molecule has 0 aliphatic carbocycles. The summed E-state index contributed by atoms with van der Waals surface area (Å²) in [6, 6.07) is 13.8. The summed E-state index contributed by atoms with van der Waals surface area (Å²) in [7, 11) is 0. The van der Waals surface area contributed by atoms with Gasteiger partial charge in [-0.2, -0.15) is 4.98 Å². The summed E-state index contributed by atoms with van der Waals surface area (Å²) in [5.74, 6) is 0.439. The summed E-state index contributed by atoms with van der Waals surface area (Å²) in [6.45, 7) is 2.84. The van der Waals surface area contributed by atoms with Gasteiger partial charge in [0.25, 0.3) is 0 Å². The molecule has 5 heteroatoms. The smallest absolute Gasteiger partial charge is 0.238 e. The minimum absolute atomic E-state index is 0.113. The van der Waals surface area contributed by atoms with E-state index in [9.17, 15) is 0 Å². The lowest BCUT2D eigenvalue weighted by Crippen LogP contribution is -2.25. The van der Waals surface area contributed by atoms with Crippen molar-refractivity contribution in [1.29, 1.82) is 0 Å². The van der Waals surface area contributed by atoms with Crippen molar-refractivity contribution in [1.82, 2.24) is 9.88 Å². The molecule has 3 rings (SSSR count). The van der Waals surface area contributed by atoms with Gasteiger partial charge in [0.1, 0.15) is 11.3 Å². The monoisotopic (exact) mass is 303 g/mol. The van der Waals surface area contributed by atoms with Gasteiger partial charge >= 0.3 is 0 Å². The van der Waals surface area contributed by atoms with E-state index in [1.54, 1.807) is 12.1 Å². The zero-order chi connectivity index (χ0) is 14.7. The van der Waals surface area contributed by atoms with Gasteiger partial charge in [-0.15, -0.1) is 0 Å². The van der Waals surface area contributed by atoms with Crippen LogP contribution in [0.3, 0.4) is 0 Å². The van der Waals surface area contributed by atoms with Crippen LogP contribution < -0.4 is 10.5 Å². The number of anilines is 1. The van der Waals surface area contributed by atoms with Crippen LogP contribution in [0.5, 0.6) is 5.88 Å². The predicted molar refractivity (Wildman–Crippen MR) is 84.4 cm³/mol. The maximum atomic E-state index is 5.89. The lowest BCUT2D eigenvalue weighted by Gasteiger charge is -2.17. The SMILES string of the molecule is Nc1ccc(Cl)nc1OC1CCN(Cc2ccccc2)C1. The zero-order valence-electron chi connectivity index (χ0n) is 11.7. The van der Waals surface area contributed by atoms with Crippen LogP contribution in [-0.4, -0.2) is 29.1 Å². The van der Waals surface area contributed by atoms with Crippen LogP contribution in [0.1, 0.15) is 12.0 Å². The van der Waals surface area contributed by atoms with Crippen LogP contribution >= 0.6 is 11.6 Å². The first-order valence-corrected chi connectivity index (χ1v) is 7.43. The van der Waals surface area contributed by atoms with Crippen LogP contribution in [0.4, 0.5) is 5.69 Å². The molecule has 2 N–H and O–H groups in total. The molecule has 1 unspecified atom stereocenters. The number of halogens is 1. The molecular weight excluding hydrogens is 286 g/mol. The molecule has 21 heavy (non-hydrogen) atoms. The van der Waals surface area contributed by atoms with E-state index in [4.69, 9.17) is 22.1 Å². The van der Waals surface area contributed by atoms with E-state index >= 15 is 0 Å². The Morgan fingerprint density at radius 2 is 2.05 bits per heavy atom. The topological polar surface area (TPSA) is 51.4 Å². The highest BCUT2D eigenvalue weighted by atomic mass is 35.5. The molecule has 0 spiro atoms. The van der Waals surface area contributed by atoms with Crippen LogP contribution in [-0.2, 0) is 6.54 Å². The number of hydrogen-bond donors (Lipinski definition) is 1. The average Bonchev–Trinajstić information content (AvgIpc) is 2.91. The normalized spacial score (nSPS) is 18.8. The van der Waals surface area contributed by atoms with Crippen molar-refractivity contribution in [2.45, 2.75) is 19.1 Å². The predicted octanol–water partition coefficient (Wildman–Crippen LogP) is 2.97. The molecule has 1 fully saturated rings. The molecule has 0 saturated carbocycles. The Kier molecular flexibility index (Phi) is 4.27. The molecule has 1 saturated heterocycles. The molecule has 0 bridgehead atoms. The number of ether oxygens (including phenoxy) is 1. The van der Waals surface area contributed by atoms with Crippen LogP contribution in [0.15, 0.2) is 42.5 Å². The van der Waals surface area contributed by atoms with E-state index in [0.717, 1.165) is 26.1 Å². The minimum atomic E-state index is 0.113. The van der Waals surface area contributed by atoms with E-state index < -0.39 is 0 Å². The quantitative estimate of drug-likeness (QED) is 0.882. The first-order chi connectivity index (χ1) is 10.2. The number of hydrogen-bond acceptors (Lipinski definition) is 4. The standard InChI is InChI=1S/C16H18ClN3O/c17-15-7-6-14(18)16(19-15)21-13-8-9-20(11-13)10-12-4-2-1-3-5-12/h1-7,13H,8-11,18H2. The third-order valence-corrected chi connectivity index (χ3v) is 3.82. The molecular formula is C16H18ClN3O. The van der Waals surface area contributed by atoms with Crippen molar-refractivity contribution in [2.75, 3.05) is 18.8 Å². The number of nitrogens with zero attached hydrogens (tertiary/aromatic N) is 2. The Morgan fingerprint density at radius 3 is 2.86 bits per heavy atom. The second-order valence-corrected chi connectivity index (χ2v) is 5.66. The van der Waals surface area contributed by atoms with Gasteiger partial charge in [-0.1, -0.05) is 41.9 Å². The Balaban J connectivity index is 1.58. The van der Waals surface area contributed by atoms with E-state index in [1.165, 1.54) is 5.56 Å². The number of nitrogens with two attached hydrogens (primary N) is 1. The molecule has 2 heterocycles. The maximum absolute atomic E-state index is 5.89. The van der Waals surface area contributed by atoms with Gasteiger partial charge in [0, 0.05) is 19.6 Å². The van der Waals surface area contributed by atoms with Gasteiger partial charge in [0.15, 0.2) is 0 Å². The molecule has 1 aromatic carbocycles. The van der Waals surface area contributed by atoms with Crippen LogP contribution in [0.25, 0.3) is 0 Å². The fourth-order valence-corrected chi connectivity index (χ4v) is 2.70. The second kappa shape index (κ2) is 6.33. The number of aromatic nitrogens is 1. The second-order valence-electron chi connectivity index (χ2n) is 5.28. The number of rotatable bonds is 4. The Bertz CT molecular complexity index is 606. The molecule has 1 atom stereocenters. The van der Waals surface area contributed by atoms with E-state index in [1.807, 2.05) is 6.07 Å². The molecule has 0 radical (unpaired) electrons. The molecule has 1 aliphatic rings. The molecule has 110 valence electrons. The van der Waals surface area contributed by atoms with E-state index in [2.05, 4.69) is 34.1 Å². The maximum Gasteiger partial charge on any atom is 0.238 e. The molecule has 2 aromatic rings. The zero-order valence-corrected chi connectivity index (χ0v) is 12.5. The number of pyridine rings is 1. The lowest BCUT2D eigenvalue weighted by atomic mass is 10.2. The van der Waals surface area contributed by atoms with Gasteiger partial charge < -0.3 is 10.5 Å². The van der Waals surface area contributed by atoms with E-state index in [0.29, 0.717) is 16.7 Å². The third-order valence-electron chi connectivity index (χ3n) is 3.61. The van der Waals surface area contributed by atoms with Gasteiger partial charge in [-0.3, -0.25) is 4.90 Å². The van der Waals surface area contributed by atoms with Gasteiger partial charge in [0.2, 0.25) is 5.88 Å². The molecule has 1 aromatic heterocycles. The van der Waals surface area contributed by atoms with Gasteiger partial charge in [-0.05, 0) is 24.1 Å². The Hall–Kier alpha value is -1.78. The van der Waals surface area contributed by atoms with E-state index in [-0.39, 0.29) is 6.10 Å². The molecule has 1 aliphatic heterocycles. The summed E-state index contributed by atoms with van der Waals surface area (Å²) in [6.07, 6.45) is 1.09. The largest absolute Gasteiger partial charge is 0.471 e. The summed E-state index contributed by atoms with van der Waals surface area (Å²) in [5.41, 5.74) is 7.71.